The van der Waals surface area contributed by atoms with E-state index in [2.05, 4.69) is 39.1 Å². The van der Waals surface area contributed by atoms with Gasteiger partial charge in [0.2, 0.25) is 0 Å². The van der Waals surface area contributed by atoms with E-state index in [1.165, 1.54) is 0 Å². The van der Waals surface area contributed by atoms with Gasteiger partial charge in [0.05, 0.1) is 6.54 Å². The summed E-state index contributed by atoms with van der Waals surface area (Å²) >= 11 is 0. The molecule has 0 radical (unpaired) electrons. The van der Waals surface area contributed by atoms with Crippen LogP contribution >= 0.6 is 0 Å². The summed E-state index contributed by atoms with van der Waals surface area (Å²) in [5.41, 5.74) is 3.59. The van der Waals surface area contributed by atoms with E-state index >= 15 is 0 Å². The van der Waals surface area contributed by atoms with Crippen LogP contribution in [-0.2, 0) is 13.6 Å². The Labute approximate surface area is 125 Å². The minimum atomic E-state index is 0.234. The molecule has 114 valence electrons. The van der Waals surface area contributed by atoms with E-state index in [1.54, 1.807) is 6.20 Å². The second-order valence-electron chi connectivity index (χ2n) is 5.49. The van der Waals surface area contributed by atoms with Gasteiger partial charge < -0.3 is 14.9 Å². The molecule has 0 aromatic carbocycles. The number of rotatable bonds is 5. The molecule has 0 spiro atoms. The fourth-order valence-electron chi connectivity index (χ4n) is 2.13. The van der Waals surface area contributed by atoms with E-state index in [0.717, 1.165) is 23.0 Å². The zero-order chi connectivity index (χ0) is 15.6. The second-order valence-corrected chi connectivity index (χ2v) is 5.49. The maximum atomic E-state index is 5.57. The van der Waals surface area contributed by atoms with E-state index in [0.29, 0.717) is 12.4 Å². The van der Waals surface area contributed by atoms with Gasteiger partial charge in [-0.1, -0.05) is 13.8 Å². The van der Waals surface area contributed by atoms with E-state index in [-0.39, 0.29) is 5.92 Å². The Hall–Kier alpha value is -2.15. The average molecular weight is 289 g/mol. The lowest BCUT2D eigenvalue weighted by Crippen LogP contribution is -2.23. The van der Waals surface area contributed by atoms with Crippen molar-refractivity contribution in [1.29, 1.82) is 0 Å². The van der Waals surface area contributed by atoms with Gasteiger partial charge in [0.25, 0.3) is 0 Å². The molecular weight excluding hydrogens is 266 g/mol. The average Bonchev–Trinajstić information content (AvgIpc) is 2.84. The third kappa shape index (κ3) is 3.13. The van der Waals surface area contributed by atoms with Crippen LogP contribution in [0.2, 0.25) is 0 Å². The van der Waals surface area contributed by atoms with Crippen molar-refractivity contribution in [3.8, 4) is 0 Å². The Bertz CT molecular complexity index is 618. The lowest BCUT2D eigenvalue weighted by molar-refractivity contribution is 0.731. The van der Waals surface area contributed by atoms with Crippen LogP contribution in [0.5, 0.6) is 0 Å². The zero-order valence-corrected chi connectivity index (χ0v) is 13.3. The molecule has 0 bridgehead atoms. The molecule has 3 N–H and O–H groups in total. The third-order valence-corrected chi connectivity index (χ3v) is 3.45. The second kappa shape index (κ2) is 6.09. The topological polar surface area (TPSA) is 84.9 Å². The molecule has 21 heavy (non-hydrogen) atoms. The molecule has 2 aromatic heterocycles. The Kier molecular flexibility index (Phi) is 4.42. The summed E-state index contributed by atoms with van der Waals surface area (Å²) in [4.78, 5) is 15.5. The Morgan fingerprint density at radius 3 is 2.62 bits per heavy atom. The first kappa shape index (κ1) is 15.2. The van der Waals surface area contributed by atoms with Crippen LogP contribution in [0.4, 0.5) is 11.6 Å². The van der Waals surface area contributed by atoms with Crippen LogP contribution in [0.3, 0.4) is 0 Å². The summed E-state index contributed by atoms with van der Waals surface area (Å²) in [6, 6.07) is 0. The summed E-state index contributed by atoms with van der Waals surface area (Å²) < 4.78 is 2.00. The fraction of sp³-hybridized carbons (Fsp3) is 0.500. The van der Waals surface area contributed by atoms with Crippen molar-refractivity contribution < 1.29 is 0 Å². The number of nitrogen functional groups attached to an aromatic ring is 1. The van der Waals surface area contributed by atoms with E-state index < -0.39 is 0 Å². The van der Waals surface area contributed by atoms with Gasteiger partial charge in [0.15, 0.2) is 0 Å². The SMILES string of the molecule is Cc1c(NN)nc(C(C)C)nc1N(C)Cc1nccn1C. The molecule has 7 heteroatoms. The van der Waals surface area contributed by atoms with Gasteiger partial charge >= 0.3 is 0 Å². The van der Waals surface area contributed by atoms with Crippen molar-refractivity contribution in [3.05, 3.63) is 29.6 Å². The molecule has 2 rings (SSSR count). The standard InChI is InChI=1S/C14H23N7/c1-9(2)12-17-13(19-15)10(3)14(18-12)21(5)8-11-16-6-7-20(11)4/h6-7,9H,8,15H2,1-5H3,(H,17,18,19). The molecule has 7 nitrogen and oxygen atoms in total. The number of nitrogens with one attached hydrogen (secondary N) is 1. The number of hydrogen-bond donors (Lipinski definition) is 2. The Balaban J connectivity index is 2.37. The molecule has 0 aliphatic carbocycles. The molecule has 0 atom stereocenters. The zero-order valence-electron chi connectivity index (χ0n) is 13.3. The molecule has 2 aromatic rings. The first-order valence-electron chi connectivity index (χ1n) is 6.96. The number of aryl methyl sites for hydroxylation is 1. The highest BCUT2D eigenvalue weighted by Gasteiger charge is 2.16. The molecule has 0 unspecified atom stereocenters. The number of imidazole rings is 1. The molecule has 0 aliphatic rings. The van der Waals surface area contributed by atoms with Crippen molar-refractivity contribution >= 4 is 11.6 Å². The number of hydrazine groups is 1. The van der Waals surface area contributed by atoms with Gasteiger partial charge in [-0.15, -0.1) is 0 Å². The van der Waals surface area contributed by atoms with Gasteiger partial charge in [0.1, 0.15) is 23.3 Å². The quantitative estimate of drug-likeness (QED) is 0.642. The van der Waals surface area contributed by atoms with E-state index in [4.69, 9.17) is 5.84 Å². The van der Waals surface area contributed by atoms with Crippen molar-refractivity contribution in [2.75, 3.05) is 17.4 Å². The fourth-order valence-corrected chi connectivity index (χ4v) is 2.13. The number of aromatic nitrogens is 4. The number of nitrogens with two attached hydrogens (primary N) is 1. The van der Waals surface area contributed by atoms with Gasteiger partial charge in [-0.2, -0.15) is 0 Å². The molecule has 0 aliphatic heterocycles. The summed E-state index contributed by atoms with van der Waals surface area (Å²) in [7, 11) is 3.98. The molecular formula is C14H23N7. The van der Waals surface area contributed by atoms with Gasteiger partial charge in [-0.05, 0) is 6.92 Å². The maximum absolute atomic E-state index is 5.57. The van der Waals surface area contributed by atoms with Crippen LogP contribution in [0.25, 0.3) is 0 Å². The molecule has 0 amide bonds. The van der Waals surface area contributed by atoms with Crippen molar-refractivity contribution in [2.45, 2.75) is 33.2 Å². The van der Waals surface area contributed by atoms with E-state index in [9.17, 15) is 0 Å². The lowest BCUT2D eigenvalue weighted by atomic mass is 10.2. The molecule has 0 saturated carbocycles. The summed E-state index contributed by atoms with van der Waals surface area (Å²) in [6.45, 7) is 6.76. The van der Waals surface area contributed by atoms with Crippen molar-refractivity contribution in [1.82, 2.24) is 19.5 Å². The highest BCUT2D eigenvalue weighted by atomic mass is 15.3. The first-order valence-corrected chi connectivity index (χ1v) is 6.96. The minimum Gasteiger partial charge on any atom is -0.352 e. The monoisotopic (exact) mass is 289 g/mol. The van der Waals surface area contributed by atoms with Crippen LogP contribution in [0.1, 0.15) is 37.0 Å². The number of anilines is 2. The van der Waals surface area contributed by atoms with Crippen LogP contribution in [0.15, 0.2) is 12.4 Å². The molecule has 0 fully saturated rings. The first-order chi connectivity index (χ1) is 9.93. The van der Waals surface area contributed by atoms with Gasteiger partial charge in [-0.25, -0.2) is 20.8 Å². The molecule has 2 heterocycles. The lowest BCUT2D eigenvalue weighted by Gasteiger charge is -2.22. The largest absolute Gasteiger partial charge is 0.352 e. The van der Waals surface area contributed by atoms with E-state index in [1.807, 2.05) is 31.8 Å². The van der Waals surface area contributed by atoms with Crippen molar-refractivity contribution in [3.63, 3.8) is 0 Å². The van der Waals surface area contributed by atoms with Crippen LogP contribution < -0.4 is 16.2 Å². The van der Waals surface area contributed by atoms with Gasteiger partial charge in [0, 0.05) is 38.0 Å². The Morgan fingerprint density at radius 2 is 2.10 bits per heavy atom. The summed E-state index contributed by atoms with van der Waals surface area (Å²) in [5.74, 6) is 9.08. The molecule has 0 saturated heterocycles. The summed E-state index contributed by atoms with van der Waals surface area (Å²) in [6.07, 6.45) is 3.73. The van der Waals surface area contributed by atoms with Crippen molar-refractivity contribution in [2.24, 2.45) is 12.9 Å². The highest BCUT2D eigenvalue weighted by molar-refractivity contribution is 5.58. The number of hydrogen-bond acceptors (Lipinski definition) is 6. The van der Waals surface area contributed by atoms with Gasteiger partial charge in [-0.3, -0.25) is 0 Å². The summed E-state index contributed by atoms with van der Waals surface area (Å²) in [5, 5.41) is 0. The minimum absolute atomic E-state index is 0.234. The normalized spacial score (nSPS) is 11.0. The maximum Gasteiger partial charge on any atom is 0.148 e. The smallest absolute Gasteiger partial charge is 0.148 e. The number of nitrogens with zero attached hydrogens (tertiary/aromatic N) is 5. The third-order valence-electron chi connectivity index (χ3n) is 3.45. The Morgan fingerprint density at radius 1 is 1.38 bits per heavy atom. The predicted octanol–water partition coefficient (Wildman–Crippen LogP) is 1.56. The predicted molar refractivity (Wildman–Crippen MR) is 84.0 cm³/mol. The highest BCUT2D eigenvalue weighted by Crippen LogP contribution is 2.25. The van der Waals surface area contributed by atoms with Crippen LogP contribution in [-0.4, -0.2) is 26.6 Å². The van der Waals surface area contributed by atoms with Crippen LogP contribution in [0, 0.1) is 6.92 Å².